The van der Waals surface area contributed by atoms with E-state index < -0.39 is 5.97 Å². The Bertz CT molecular complexity index is 504. The van der Waals surface area contributed by atoms with E-state index in [0.717, 1.165) is 5.52 Å². The minimum Gasteiger partial charge on any atom is -0.461 e. The molecular formula is C10H11N3O2. The minimum absolute atomic E-state index is 0.294. The average molecular weight is 205 g/mol. The molecular weight excluding hydrogens is 194 g/mol. The predicted octanol–water partition coefficient (Wildman–Crippen LogP) is 1.09. The summed E-state index contributed by atoms with van der Waals surface area (Å²) in [5.74, 6) is -0.417. The lowest BCUT2D eigenvalue weighted by Crippen LogP contribution is -2.05. The van der Waals surface area contributed by atoms with Crippen LogP contribution in [0.1, 0.15) is 17.4 Å². The van der Waals surface area contributed by atoms with E-state index in [2.05, 4.69) is 5.10 Å². The van der Waals surface area contributed by atoms with Gasteiger partial charge < -0.3 is 10.5 Å². The molecule has 0 aliphatic heterocycles. The molecule has 2 aromatic rings. The molecule has 78 valence electrons. The van der Waals surface area contributed by atoms with Crippen molar-refractivity contribution >= 4 is 17.2 Å². The number of hydrogen-bond acceptors (Lipinski definition) is 4. The summed E-state index contributed by atoms with van der Waals surface area (Å²) in [6.45, 7) is 2.10. The topological polar surface area (TPSA) is 69.6 Å². The zero-order valence-electron chi connectivity index (χ0n) is 8.30. The van der Waals surface area contributed by atoms with E-state index in [4.69, 9.17) is 10.5 Å². The summed E-state index contributed by atoms with van der Waals surface area (Å²) < 4.78 is 6.43. The Kier molecular flexibility index (Phi) is 2.29. The third-order valence-electron chi connectivity index (χ3n) is 1.97. The molecule has 0 radical (unpaired) electrons. The fourth-order valence-electron chi connectivity index (χ4n) is 1.32. The highest BCUT2D eigenvalue weighted by molar-refractivity contribution is 5.88. The van der Waals surface area contributed by atoms with Crippen LogP contribution in [0, 0.1) is 0 Å². The Hall–Kier alpha value is -2.04. The number of nitrogens with two attached hydrogens (primary N) is 1. The molecule has 0 aliphatic rings. The van der Waals surface area contributed by atoms with Gasteiger partial charge in [0.05, 0.1) is 12.1 Å². The zero-order chi connectivity index (χ0) is 10.8. The van der Waals surface area contributed by atoms with Crippen molar-refractivity contribution in [3.8, 4) is 0 Å². The van der Waals surface area contributed by atoms with Crippen LogP contribution in [-0.4, -0.2) is 22.2 Å². The second-order valence-electron chi connectivity index (χ2n) is 3.08. The number of anilines is 1. The third-order valence-corrected chi connectivity index (χ3v) is 1.97. The van der Waals surface area contributed by atoms with Crippen molar-refractivity contribution in [2.24, 2.45) is 0 Å². The smallest absolute Gasteiger partial charge is 0.358 e. The number of ether oxygens (including phenoxy) is 1. The van der Waals surface area contributed by atoms with Crippen molar-refractivity contribution < 1.29 is 9.53 Å². The lowest BCUT2D eigenvalue weighted by Gasteiger charge is -1.95. The summed E-state index contributed by atoms with van der Waals surface area (Å²) in [4.78, 5) is 11.4. The molecule has 2 heterocycles. The lowest BCUT2D eigenvalue weighted by atomic mass is 10.3. The highest BCUT2D eigenvalue weighted by Gasteiger charge is 2.11. The van der Waals surface area contributed by atoms with Gasteiger partial charge in [-0.2, -0.15) is 5.10 Å². The van der Waals surface area contributed by atoms with Crippen LogP contribution in [-0.2, 0) is 4.74 Å². The number of nitrogens with zero attached hydrogens (tertiary/aromatic N) is 2. The molecule has 0 unspecified atom stereocenters. The number of carbonyl (C=O) groups is 1. The van der Waals surface area contributed by atoms with Gasteiger partial charge >= 0.3 is 5.97 Å². The Morgan fingerprint density at radius 3 is 3.13 bits per heavy atom. The van der Waals surface area contributed by atoms with E-state index in [1.54, 1.807) is 35.8 Å². The van der Waals surface area contributed by atoms with Crippen LogP contribution in [0.15, 0.2) is 24.4 Å². The summed E-state index contributed by atoms with van der Waals surface area (Å²) >= 11 is 0. The van der Waals surface area contributed by atoms with Crippen LogP contribution >= 0.6 is 0 Å². The Morgan fingerprint density at radius 1 is 1.60 bits per heavy atom. The van der Waals surface area contributed by atoms with Gasteiger partial charge in [0, 0.05) is 11.9 Å². The van der Waals surface area contributed by atoms with E-state index in [1.807, 2.05) is 0 Å². The Morgan fingerprint density at radius 2 is 2.40 bits per heavy atom. The predicted molar refractivity (Wildman–Crippen MR) is 55.6 cm³/mol. The van der Waals surface area contributed by atoms with Gasteiger partial charge in [0.15, 0.2) is 5.69 Å². The number of rotatable bonds is 2. The van der Waals surface area contributed by atoms with Gasteiger partial charge in [-0.25, -0.2) is 9.31 Å². The maximum Gasteiger partial charge on any atom is 0.358 e. The largest absolute Gasteiger partial charge is 0.461 e. The first kappa shape index (κ1) is 9.51. The van der Waals surface area contributed by atoms with E-state index in [0.29, 0.717) is 18.0 Å². The van der Waals surface area contributed by atoms with Crippen LogP contribution in [0.2, 0.25) is 0 Å². The standard InChI is InChI=1S/C10H11N3O2/c1-2-15-10(14)9-6-8-5-7(11)3-4-13(8)12-9/h3-6H,2,11H2,1H3. The van der Waals surface area contributed by atoms with Crippen molar-refractivity contribution in [3.05, 3.63) is 30.1 Å². The van der Waals surface area contributed by atoms with Crippen molar-refractivity contribution in [2.75, 3.05) is 12.3 Å². The highest BCUT2D eigenvalue weighted by atomic mass is 16.5. The van der Waals surface area contributed by atoms with E-state index in [9.17, 15) is 4.79 Å². The Labute approximate surface area is 86.4 Å². The van der Waals surface area contributed by atoms with Gasteiger partial charge in [-0.05, 0) is 25.1 Å². The van der Waals surface area contributed by atoms with Crippen LogP contribution in [0.5, 0.6) is 0 Å². The van der Waals surface area contributed by atoms with Gasteiger partial charge in [-0.3, -0.25) is 0 Å². The van der Waals surface area contributed by atoms with E-state index in [-0.39, 0.29) is 0 Å². The minimum atomic E-state index is -0.417. The Balaban J connectivity index is 2.42. The number of nitrogen functional groups attached to an aromatic ring is 1. The highest BCUT2D eigenvalue weighted by Crippen LogP contribution is 2.11. The fraction of sp³-hybridized carbons (Fsp3) is 0.200. The molecule has 0 saturated heterocycles. The van der Waals surface area contributed by atoms with Gasteiger partial charge in [-0.15, -0.1) is 0 Å². The molecule has 15 heavy (non-hydrogen) atoms. The number of esters is 1. The van der Waals surface area contributed by atoms with Crippen LogP contribution in [0.3, 0.4) is 0 Å². The van der Waals surface area contributed by atoms with Gasteiger partial charge in [0.2, 0.25) is 0 Å². The summed E-state index contributed by atoms with van der Waals surface area (Å²) in [6.07, 6.45) is 1.70. The zero-order valence-corrected chi connectivity index (χ0v) is 8.30. The third kappa shape index (κ3) is 1.76. The first-order chi connectivity index (χ1) is 7.20. The molecule has 0 aromatic carbocycles. The molecule has 5 nitrogen and oxygen atoms in total. The molecule has 0 amide bonds. The van der Waals surface area contributed by atoms with Crippen LogP contribution in [0.25, 0.3) is 5.52 Å². The van der Waals surface area contributed by atoms with Crippen LogP contribution < -0.4 is 5.73 Å². The number of hydrogen-bond donors (Lipinski definition) is 1. The molecule has 2 rings (SSSR count). The van der Waals surface area contributed by atoms with Gasteiger partial charge in [0.25, 0.3) is 0 Å². The van der Waals surface area contributed by atoms with Crippen molar-refractivity contribution in [1.82, 2.24) is 9.61 Å². The number of fused-ring (bicyclic) bond motifs is 1. The molecule has 2 aromatic heterocycles. The SMILES string of the molecule is CCOC(=O)c1cc2cc(N)ccn2n1. The number of carbonyl (C=O) groups excluding carboxylic acids is 1. The first-order valence-electron chi connectivity index (χ1n) is 4.62. The quantitative estimate of drug-likeness (QED) is 0.745. The summed E-state index contributed by atoms with van der Waals surface area (Å²) in [5.41, 5.74) is 7.32. The number of pyridine rings is 1. The molecule has 0 aliphatic carbocycles. The summed E-state index contributed by atoms with van der Waals surface area (Å²) in [6, 6.07) is 5.11. The second-order valence-corrected chi connectivity index (χ2v) is 3.08. The van der Waals surface area contributed by atoms with Crippen molar-refractivity contribution in [3.63, 3.8) is 0 Å². The maximum absolute atomic E-state index is 11.4. The maximum atomic E-state index is 11.4. The van der Waals surface area contributed by atoms with Gasteiger partial charge in [0.1, 0.15) is 0 Å². The van der Waals surface area contributed by atoms with E-state index >= 15 is 0 Å². The fourth-order valence-corrected chi connectivity index (χ4v) is 1.32. The molecule has 0 atom stereocenters. The van der Waals surface area contributed by atoms with Gasteiger partial charge in [-0.1, -0.05) is 0 Å². The molecule has 5 heteroatoms. The molecule has 0 bridgehead atoms. The molecule has 0 spiro atoms. The molecule has 0 fully saturated rings. The lowest BCUT2D eigenvalue weighted by molar-refractivity contribution is 0.0519. The monoisotopic (exact) mass is 205 g/mol. The summed E-state index contributed by atoms with van der Waals surface area (Å²) in [5, 5.41) is 4.06. The second kappa shape index (κ2) is 3.61. The summed E-state index contributed by atoms with van der Waals surface area (Å²) in [7, 11) is 0. The van der Waals surface area contributed by atoms with Crippen LogP contribution in [0.4, 0.5) is 5.69 Å². The first-order valence-corrected chi connectivity index (χ1v) is 4.62. The number of aromatic nitrogens is 2. The van der Waals surface area contributed by atoms with Crippen molar-refractivity contribution in [1.29, 1.82) is 0 Å². The molecule has 0 saturated carbocycles. The average Bonchev–Trinajstić information content (AvgIpc) is 2.60. The normalized spacial score (nSPS) is 10.5. The van der Waals surface area contributed by atoms with E-state index in [1.165, 1.54) is 0 Å². The molecule has 2 N–H and O–H groups in total. The van der Waals surface area contributed by atoms with Crippen molar-refractivity contribution in [2.45, 2.75) is 6.92 Å².